The van der Waals surface area contributed by atoms with Crippen LogP contribution in [0.15, 0.2) is 6.07 Å². The third kappa shape index (κ3) is 4.72. The summed E-state index contributed by atoms with van der Waals surface area (Å²) in [6, 6.07) is 3.37. The lowest BCUT2D eigenvalue weighted by molar-refractivity contribution is -0.121. The fourth-order valence-corrected chi connectivity index (χ4v) is 4.99. The maximum atomic E-state index is 12.2. The molecule has 3 aliphatic rings. The third-order valence-electron chi connectivity index (χ3n) is 6.73. The van der Waals surface area contributed by atoms with Gasteiger partial charge in [0, 0.05) is 38.0 Å². The van der Waals surface area contributed by atoms with E-state index in [1.807, 2.05) is 0 Å². The van der Waals surface area contributed by atoms with Gasteiger partial charge in [-0.05, 0) is 51.4 Å². The number of piperidine rings is 1. The van der Waals surface area contributed by atoms with E-state index in [-0.39, 0.29) is 5.91 Å². The average molecular weight is 374 g/mol. The molecule has 0 bridgehead atoms. The van der Waals surface area contributed by atoms with Crippen LogP contribution in [0.5, 0.6) is 0 Å². The molecule has 1 amide bonds. The molecule has 2 aliphatic heterocycles. The molecule has 1 N–H and O–H groups in total. The van der Waals surface area contributed by atoms with E-state index in [1.54, 1.807) is 0 Å². The van der Waals surface area contributed by atoms with Crippen molar-refractivity contribution < 1.29 is 4.79 Å². The van der Waals surface area contributed by atoms with Gasteiger partial charge in [-0.1, -0.05) is 19.8 Å². The van der Waals surface area contributed by atoms with E-state index in [9.17, 15) is 4.79 Å². The van der Waals surface area contributed by atoms with E-state index in [1.165, 1.54) is 51.0 Å². The van der Waals surface area contributed by atoms with Crippen LogP contribution in [0.4, 0.5) is 0 Å². The highest BCUT2D eigenvalue weighted by Crippen LogP contribution is 2.23. The van der Waals surface area contributed by atoms with Crippen molar-refractivity contribution in [3.63, 3.8) is 0 Å². The summed E-state index contributed by atoms with van der Waals surface area (Å²) < 4.78 is 2.17. The Kier molecular flexibility index (Phi) is 6.13. The number of aryl methyl sites for hydroxylation is 1. The van der Waals surface area contributed by atoms with E-state index < -0.39 is 0 Å². The zero-order valence-corrected chi connectivity index (χ0v) is 16.8. The van der Waals surface area contributed by atoms with E-state index in [0.29, 0.717) is 12.5 Å². The number of nitrogens with one attached hydrogen (secondary N) is 1. The zero-order valence-electron chi connectivity index (χ0n) is 16.8. The van der Waals surface area contributed by atoms with Gasteiger partial charge < -0.3 is 10.2 Å². The topological polar surface area (TPSA) is 53.4 Å². The van der Waals surface area contributed by atoms with Crippen LogP contribution in [-0.2, 0) is 24.3 Å². The SMILES string of the molecule is CCN1CCC(N2CCn3nc(CCC(=O)NC4CCCC4)cc3C2)CC1. The van der Waals surface area contributed by atoms with Crippen LogP contribution in [0.25, 0.3) is 0 Å². The number of nitrogens with zero attached hydrogens (tertiary/aromatic N) is 4. The smallest absolute Gasteiger partial charge is 0.220 e. The molecule has 1 saturated carbocycles. The van der Waals surface area contributed by atoms with E-state index in [2.05, 4.69) is 32.8 Å². The van der Waals surface area contributed by atoms with Crippen LogP contribution in [0.1, 0.15) is 63.3 Å². The lowest BCUT2D eigenvalue weighted by Crippen LogP contribution is -2.47. The van der Waals surface area contributed by atoms with Gasteiger partial charge in [-0.25, -0.2) is 0 Å². The number of likely N-dealkylation sites (tertiary alicyclic amines) is 1. The fourth-order valence-electron chi connectivity index (χ4n) is 4.99. The molecule has 0 radical (unpaired) electrons. The number of hydrogen-bond acceptors (Lipinski definition) is 4. The molecule has 0 unspecified atom stereocenters. The summed E-state index contributed by atoms with van der Waals surface area (Å²) in [6.45, 7) is 9.01. The Balaban J connectivity index is 1.26. The first kappa shape index (κ1) is 18.9. The Morgan fingerprint density at radius 3 is 2.67 bits per heavy atom. The van der Waals surface area contributed by atoms with Gasteiger partial charge in [-0.3, -0.25) is 14.4 Å². The Bertz CT molecular complexity index is 629. The molecule has 3 heterocycles. The Morgan fingerprint density at radius 2 is 1.93 bits per heavy atom. The van der Waals surface area contributed by atoms with Gasteiger partial charge >= 0.3 is 0 Å². The van der Waals surface area contributed by atoms with Crippen LogP contribution in [0, 0.1) is 0 Å². The molecule has 2 fully saturated rings. The van der Waals surface area contributed by atoms with Crippen molar-refractivity contribution in [1.29, 1.82) is 0 Å². The van der Waals surface area contributed by atoms with E-state index in [4.69, 9.17) is 5.10 Å². The molecule has 4 rings (SSSR count). The number of aromatic nitrogens is 2. The van der Waals surface area contributed by atoms with Crippen molar-refractivity contribution in [3.8, 4) is 0 Å². The molecule has 0 spiro atoms. The first-order chi connectivity index (χ1) is 13.2. The molecule has 27 heavy (non-hydrogen) atoms. The summed E-state index contributed by atoms with van der Waals surface area (Å²) in [4.78, 5) is 17.4. The van der Waals surface area contributed by atoms with Gasteiger partial charge in [0.1, 0.15) is 0 Å². The second-order valence-electron chi connectivity index (χ2n) is 8.53. The van der Waals surface area contributed by atoms with Crippen molar-refractivity contribution in [2.24, 2.45) is 0 Å². The third-order valence-corrected chi connectivity index (χ3v) is 6.73. The molecule has 0 aromatic carbocycles. The summed E-state index contributed by atoms with van der Waals surface area (Å²) in [7, 11) is 0. The maximum Gasteiger partial charge on any atom is 0.220 e. The summed E-state index contributed by atoms with van der Waals surface area (Å²) in [5.74, 6) is 0.192. The molecule has 1 saturated heterocycles. The summed E-state index contributed by atoms with van der Waals surface area (Å²) >= 11 is 0. The van der Waals surface area contributed by atoms with Crippen LogP contribution in [-0.4, -0.2) is 63.8 Å². The molecule has 1 aliphatic carbocycles. The lowest BCUT2D eigenvalue weighted by atomic mass is 10.0. The number of amides is 1. The van der Waals surface area contributed by atoms with Crippen LogP contribution in [0.3, 0.4) is 0 Å². The van der Waals surface area contributed by atoms with Gasteiger partial charge in [0.25, 0.3) is 0 Å². The molecule has 1 aromatic rings. The number of carbonyl (C=O) groups is 1. The Hall–Kier alpha value is -1.40. The zero-order chi connectivity index (χ0) is 18.6. The summed E-state index contributed by atoms with van der Waals surface area (Å²) in [6.07, 6.45) is 8.71. The van der Waals surface area contributed by atoms with Crippen molar-refractivity contribution in [2.45, 2.75) is 83.5 Å². The van der Waals surface area contributed by atoms with Gasteiger partial charge in [0.2, 0.25) is 5.91 Å². The van der Waals surface area contributed by atoms with Crippen LogP contribution < -0.4 is 5.32 Å². The number of rotatable bonds is 6. The minimum Gasteiger partial charge on any atom is -0.353 e. The van der Waals surface area contributed by atoms with E-state index >= 15 is 0 Å². The molecular weight excluding hydrogens is 338 g/mol. The predicted octanol–water partition coefficient (Wildman–Crippen LogP) is 2.17. The van der Waals surface area contributed by atoms with Crippen molar-refractivity contribution >= 4 is 5.91 Å². The fraction of sp³-hybridized carbons (Fsp3) is 0.810. The number of hydrogen-bond donors (Lipinski definition) is 1. The van der Waals surface area contributed by atoms with Gasteiger partial charge in [-0.15, -0.1) is 0 Å². The molecular formula is C21H35N5O. The summed E-state index contributed by atoms with van der Waals surface area (Å²) in [5.41, 5.74) is 2.40. The molecule has 150 valence electrons. The standard InChI is InChI=1S/C21H35N5O/c1-2-24-11-9-19(10-12-24)25-13-14-26-20(16-25)15-18(23-26)7-8-21(27)22-17-5-3-4-6-17/h15,17,19H,2-14,16H2,1H3,(H,22,27). The lowest BCUT2D eigenvalue weighted by Gasteiger charge is -2.40. The van der Waals surface area contributed by atoms with Crippen LogP contribution >= 0.6 is 0 Å². The molecule has 0 atom stereocenters. The Morgan fingerprint density at radius 1 is 1.15 bits per heavy atom. The average Bonchev–Trinajstić information content (AvgIpc) is 3.35. The molecule has 1 aromatic heterocycles. The van der Waals surface area contributed by atoms with Gasteiger partial charge in [-0.2, -0.15) is 5.10 Å². The number of fused-ring (bicyclic) bond motifs is 1. The highest BCUT2D eigenvalue weighted by atomic mass is 16.1. The highest BCUT2D eigenvalue weighted by Gasteiger charge is 2.27. The minimum atomic E-state index is 0.192. The monoisotopic (exact) mass is 373 g/mol. The van der Waals surface area contributed by atoms with Crippen molar-refractivity contribution in [2.75, 3.05) is 26.2 Å². The summed E-state index contributed by atoms with van der Waals surface area (Å²) in [5, 5.41) is 7.94. The quantitative estimate of drug-likeness (QED) is 0.830. The van der Waals surface area contributed by atoms with Crippen LogP contribution in [0.2, 0.25) is 0 Å². The Labute approximate surface area is 163 Å². The largest absolute Gasteiger partial charge is 0.353 e. The van der Waals surface area contributed by atoms with Gasteiger partial charge in [0.15, 0.2) is 0 Å². The maximum absolute atomic E-state index is 12.2. The first-order valence-electron chi connectivity index (χ1n) is 11.0. The second kappa shape index (κ2) is 8.74. The van der Waals surface area contributed by atoms with Crippen molar-refractivity contribution in [3.05, 3.63) is 17.5 Å². The van der Waals surface area contributed by atoms with Crippen molar-refractivity contribution in [1.82, 2.24) is 24.9 Å². The number of carbonyl (C=O) groups excluding carboxylic acids is 1. The second-order valence-corrected chi connectivity index (χ2v) is 8.53. The van der Waals surface area contributed by atoms with E-state index in [0.717, 1.165) is 50.6 Å². The molecule has 6 nitrogen and oxygen atoms in total. The minimum absolute atomic E-state index is 0.192. The highest BCUT2D eigenvalue weighted by molar-refractivity contribution is 5.76. The molecule has 6 heteroatoms. The normalized spacial score (nSPS) is 22.9. The predicted molar refractivity (Wildman–Crippen MR) is 106 cm³/mol. The van der Waals surface area contributed by atoms with Gasteiger partial charge in [0.05, 0.1) is 17.9 Å². The first-order valence-corrected chi connectivity index (χ1v) is 11.0.